The molecular weight excluding hydrogens is 292 g/mol. The Labute approximate surface area is 128 Å². The smallest absolute Gasteiger partial charge is 0.234 e. The minimum atomic E-state index is -0.365. The molecule has 7 heteroatoms. The van der Waals surface area contributed by atoms with Gasteiger partial charge in [-0.15, -0.1) is 0 Å². The number of nitrogens with one attached hydrogen (secondary N) is 1. The number of hydrogen-bond donors (Lipinski definition) is 2. The van der Waals surface area contributed by atoms with E-state index < -0.39 is 0 Å². The van der Waals surface area contributed by atoms with Crippen LogP contribution in [0.1, 0.15) is 19.8 Å². The Morgan fingerprint density at radius 1 is 1.52 bits per heavy atom. The Morgan fingerprint density at radius 2 is 2.29 bits per heavy atom. The van der Waals surface area contributed by atoms with Crippen LogP contribution in [0.2, 0.25) is 5.02 Å². The van der Waals surface area contributed by atoms with E-state index in [2.05, 4.69) is 10.3 Å². The maximum Gasteiger partial charge on any atom is 0.234 e. The first-order valence-electron chi connectivity index (χ1n) is 6.93. The van der Waals surface area contributed by atoms with Crippen molar-refractivity contribution in [2.24, 2.45) is 11.7 Å². The van der Waals surface area contributed by atoms with E-state index in [4.69, 9.17) is 17.3 Å². The SMILES string of the molecule is C[C@H](C(N)=O)N1CCC[C@H](C(=O)Nc2ccc(Cl)cn2)C1. The van der Waals surface area contributed by atoms with Gasteiger partial charge in [-0.05, 0) is 38.4 Å². The molecule has 0 aliphatic carbocycles. The Hall–Kier alpha value is -1.66. The molecule has 0 spiro atoms. The van der Waals surface area contributed by atoms with Crippen LogP contribution in [0.5, 0.6) is 0 Å². The average molecular weight is 311 g/mol. The summed E-state index contributed by atoms with van der Waals surface area (Å²) in [6.07, 6.45) is 3.14. The topological polar surface area (TPSA) is 88.3 Å². The lowest BCUT2D eigenvalue weighted by molar-refractivity contribution is -0.127. The molecule has 1 saturated heterocycles. The number of pyridine rings is 1. The molecule has 3 N–H and O–H groups in total. The standard InChI is InChI=1S/C14H19ClN4O2/c1-9(13(16)20)19-6-2-3-10(8-19)14(21)18-12-5-4-11(15)7-17-12/h4-5,7,9-10H,2-3,6,8H2,1H3,(H2,16,20)(H,17,18,21)/t9-,10+/m1/s1. The van der Waals surface area contributed by atoms with Crippen LogP contribution in [-0.4, -0.2) is 40.8 Å². The fourth-order valence-electron chi connectivity index (χ4n) is 2.43. The number of carbonyl (C=O) groups is 2. The molecule has 2 atom stereocenters. The Bertz CT molecular complexity index is 520. The van der Waals surface area contributed by atoms with Crippen LogP contribution in [0.3, 0.4) is 0 Å². The van der Waals surface area contributed by atoms with Crippen molar-refractivity contribution < 1.29 is 9.59 Å². The maximum atomic E-state index is 12.3. The summed E-state index contributed by atoms with van der Waals surface area (Å²) in [4.78, 5) is 29.5. The largest absolute Gasteiger partial charge is 0.368 e. The van der Waals surface area contributed by atoms with Crippen LogP contribution in [0, 0.1) is 5.92 Å². The third kappa shape index (κ3) is 4.15. The van der Waals surface area contributed by atoms with Crippen molar-refractivity contribution >= 4 is 29.2 Å². The Kier molecular flexibility index (Phi) is 5.14. The Morgan fingerprint density at radius 3 is 2.90 bits per heavy atom. The first-order valence-corrected chi connectivity index (χ1v) is 7.31. The molecule has 2 amide bonds. The van der Waals surface area contributed by atoms with Crippen molar-refractivity contribution in [3.8, 4) is 0 Å². The quantitative estimate of drug-likeness (QED) is 0.876. The van der Waals surface area contributed by atoms with Crippen LogP contribution >= 0.6 is 11.6 Å². The van der Waals surface area contributed by atoms with Gasteiger partial charge in [-0.25, -0.2) is 4.98 Å². The lowest BCUT2D eigenvalue weighted by atomic mass is 9.96. The first kappa shape index (κ1) is 15.7. The number of likely N-dealkylation sites (tertiary alicyclic amines) is 1. The van der Waals surface area contributed by atoms with Gasteiger partial charge in [-0.3, -0.25) is 14.5 Å². The second-order valence-electron chi connectivity index (χ2n) is 5.26. The van der Waals surface area contributed by atoms with E-state index in [-0.39, 0.29) is 23.8 Å². The second kappa shape index (κ2) is 6.87. The molecule has 2 rings (SSSR count). The van der Waals surface area contributed by atoms with Gasteiger partial charge in [0.25, 0.3) is 0 Å². The van der Waals surface area contributed by atoms with Gasteiger partial charge in [0.1, 0.15) is 5.82 Å². The van der Waals surface area contributed by atoms with E-state index in [1.165, 1.54) is 6.20 Å². The van der Waals surface area contributed by atoms with Gasteiger partial charge in [0.15, 0.2) is 0 Å². The molecule has 21 heavy (non-hydrogen) atoms. The van der Waals surface area contributed by atoms with Gasteiger partial charge in [-0.2, -0.15) is 0 Å². The van der Waals surface area contributed by atoms with E-state index in [1.807, 2.05) is 4.90 Å². The highest BCUT2D eigenvalue weighted by Gasteiger charge is 2.30. The minimum absolute atomic E-state index is 0.0915. The fourth-order valence-corrected chi connectivity index (χ4v) is 2.54. The number of nitrogens with two attached hydrogens (primary N) is 1. The van der Waals surface area contributed by atoms with Crippen LogP contribution in [0.25, 0.3) is 0 Å². The predicted molar refractivity (Wildman–Crippen MR) is 80.8 cm³/mol. The normalized spacial score (nSPS) is 20.8. The number of nitrogens with zero attached hydrogens (tertiary/aromatic N) is 2. The molecule has 1 aliphatic heterocycles. The highest BCUT2D eigenvalue weighted by Crippen LogP contribution is 2.20. The summed E-state index contributed by atoms with van der Waals surface area (Å²) >= 11 is 5.75. The van der Waals surface area contributed by atoms with E-state index in [1.54, 1.807) is 19.1 Å². The monoisotopic (exact) mass is 310 g/mol. The molecular formula is C14H19ClN4O2. The number of halogens is 1. The summed E-state index contributed by atoms with van der Waals surface area (Å²) < 4.78 is 0. The van der Waals surface area contributed by atoms with E-state index in [9.17, 15) is 9.59 Å². The van der Waals surface area contributed by atoms with Gasteiger partial charge < -0.3 is 11.1 Å². The molecule has 114 valence electrons. The summed E-state index contributed by atoms with van der Waals surface area (Å²) in [5.41, 5.74) is 5.32. The van der Waals surface area contributed by atoms with Crippen LogP contribution in [0.4, 0.5) is 5.82 Å². The number of aromatic nitrogens is 1. The highest BCUT2D eigenvalue weighted by molar-refractivity contribution is 6.30. The average Bonchev–Trinajstić information content (AvgIpc) is 2.48. The lowest BCUT2D eigenvalue weighted by Crippen LogP contribution is -2.49. The van der Waals surface area contributed by atoms with Gasteiger partial charge in [0.05, 0.1) is 17.0 Å². The molecule has 0 bridgehead atoms. The van der Waals surface area contributed by atoms with Gasteiger partial charge in [-0.1, -0.05) is 11.6 Å². The number of amides is 2. The maximum absolute atomic E-state index is 12.3. The van der Waals surface area contributed by atoms with Gasteiger partial charge in [0.2, 0.25) is 11.8 Å². The van der Waals surface area contributed by atoms with E-state index >= 15 is 0 Å². The van der Waals surface area contributed by atoms with Crippen molar-refractivity contribution in [3.63, 3.8) is 0 Å². The predicted octanol–water partition coefficient (Wildman–Crippen LogP) is 1.26. The van der Waals surface area contributed by atoms with Crippen LogP contribution < -0.4 is 11.1 Å². The summed E-state index contributed by atoms with van der Waals surface area (Å²) in [7, 11) is 0. The molecule has 0 unspecified atom stereocenters. The highest BCUT2D eigenvalue weighted by atomic mass is 35.5. The number of carbonyl (C=O) groups excluding carboxylic acids is 2. The Balaban J connectivity index is 1.95. The number of anilines is 1. The molecule has 1 aromatic heterocycles. The fraction of sp³-hybridized carbons (Fsp3) is 0.500. The van der Waals surface area contributed by atoms with Crippen LogP contribution in [0.15, 0.2) is 18.3 Å². The molecule has 1 aliphatic rings. The third-order valence-electron chi connectivity index (χ3n) is 3.76. The molecule has 2 heterocycles. The lowest BCUT2D eigenvalue weighted by Gasteiger charge is -2.34. The first-order chi connectivity index (χ1) is 9.97. The van der Waals surface area contributed by atoms with Crippen molar-refractivity contribution in [1.82, 2.24) is 9.88 Å². The number of primary amides is 1. The zero-order valence-corrected chi connectivity index (χ0v) is 12.6. The minimum Gasteiger partial charge on any atom is -0.368 e. The molecule has 0 aromatic carbocycles. The molecule has 1 fully saturated rings. The third-order valence-corrected chi connectivity index (χ3v) is 3.99. The number of piperidine rings is 1. The summed E-state index contributed by atoms with van der Waals surface area (Å²) in [6.45, 7) is 3.08. The van der Waals surface area contributed by atoms with Crippen molar-refractivity contribution in [2.45, 2.75) is 25.8 Å². The molecule has 6 nitrogen and oxygen atoms in total. The van der Waals surface area contributed by atoms with Crippen molar-refractivity contribution in [2.75, 3.05) is 18.4 Å². The van der Waals surface area contributed by atoms with Gasteiger partial charge in [0, 0.05) is 12.7 Å². The summed E-state index contributed by atoms with van der Waals surface area (Å²) in [5, 5.41) is 3.30. The second-order valence-corrected chi connectivity index (χ2v) is 5.70. The summed E-state index contributed by atoms with van der Waals surface area (Å²) in [6, 6.07) is 2.98. The molecule has 1 aromatic rings. The van der Waals surface area contributed by atoms with E-state index in [0.717, 1.165) is 19.4 Å². The number of hydrogen-bond acceptors (Lipinski definition) is 4. The molecule has 0 radical (unpaired) electrons. The molecule has 0 saturated carbocycles. The van der Waals surface area contributed by atoms with Crippen LogP contribution in [-0.2, 0) is 9.59 Å². The zero-order valence-electron chi connectivity index (χ0n) is 11.9. The van der Waals surface area contributed by atoms with Crippen molar-refractivity contribution in [3.05, 3.63) is 23.4 Å². The van der Waals surface area contributed by atoms with Gasteiger partial charge >= 0.3 is 0 Å². The van der Waals surface area contributed by atoms with E-state index in [0.29, 0.717) is 17.4 Å². The number of rotatable bonds is 4. The zero-order chi connectivity index (χ0) is 15.4. The summed E-state index contributed by atoms with van der Waals surface area (Å²) in [5.74, 6) is -0.149. The van der Waals surface area contributed by atoms with Crippen molar-refractivity contribution in [1.29, 1.82) is 0 Å².